The molecule has 2 aliphatic rings. The maximum absolute atomic E-state index is 13.7. The number of hydrogen-bond acceptors (Lipinski definition) is 7. The first-order valence-corrected chi connectivity index (χ1v) is 19.4. The van der Waals surface area contributed by atoms with Gasteiger partial charge in [-0.3, -0.25) is 14.4 Å². The highest BCUT2D eigenvalue weighted by Crippen LogP contribution is 2.53. The van der Waals surface area contributed by atoms with Crippen molar-refractivity contribution in [3.8, 4) is 17.0 Å². The van der Waals surface area contributed by atoms with Crippen molar-refractivity contribution in [2.24, 2.45) is 23.0 Å². The van der Waals surface area contributed by atoms with Gasteiger partial charge < -0.3 is 26.0 Å². The fraction of sp³-hybridized carbons (Fsp3) is 0.381. The summed E-state index contributed by atoms with van der Waals surface area (Å²) in [6.07, 6.45) is 11.1. The first kappa shape index (κ1) is 36.9. The number of anilines is 1. The Morgan fingerprint density at radius 2 is 1.85 bits per heavy atom. The molecule has 6 rings (SSSR count). The largest absolute Gasteiger partial charge is 0.497 e. The van der Waals surface area contributed by atoms with Gasteiger partial charge in [-0.15, -0.1) is 11.8 Å². The second-order valence-electron chi connectivity index (χ2n) is 14.0. The third-order valence-electron chi connectivity index (χ3n) is 10.6. The number of ether oxygens (including phenoxy) is 1. The summed E-state index contributed by atoms with van der Waals surface area (Å²) in [5.41, 5.74) is 10.1. The van der Waals surface area contributed by atoms with Crippen LogP contribution in [0.1, 0.15) is 44.6 Å². The van der Waals surface area contributed by atoms with Gasteiger partial charge in [0.2, 0.25) is 17.7 Å². The monoisotopic (exact) mass is 719 g/mol. The molecule has 2 heterocycles. The van der Waals surface area contributed by atoms with E-state index in [0.717, 1.165) is 65.0 Å². The minimum absolute atomic E-state index is 0.00507. The molecule has 1 aliphatic heterocycles. The molecule has 272 valence electrons. The molecule has 4 atom stereocenters. The summed E-state index contributed by atoms with van der Waals surface area (Å²) in [6, 6.07) is 25.8. The van der Waals surface area contributed by atoms with Crippen molar-refractivity contribution in [2.45, 2.75) is 56.4 Å². The normalized spacial score (nSPS) is 21.0. The average molecular weight is 720 g/mol. The number of pyridine rings is 1. The number of rotatable bonds is 16. The lowest BCUT2D eigenvalue weighted by Gasteiger charge is -2.23. The molecule has 1 aliphatic carbocycles. The number of likely N-dealkylation sites (tertiary alicyclic amines) is 1. The SMILES string of the molecule is COc1ccc2c(CC3CC(C(=O)NCC4(C(N)=O)CC4/C=C\CCCCNc4ccccc4SC)N(C(C)=O)C3)cc(-c3ccccc3)nc2c1. The summed E-state index contributed by atoms with van der Waals surface area (Å²) in [5, 5.41) is 7.56. The number of unbranched alkanes of at least 4 members (excludes halogenated alkanes) is 2. The van der Waals surface area contributed by atoms with Gasteiger partial charge in [-0.1, -0.05) is 54.6 Å². The van der Waals surface area contributed by atoms with Gasteiger partial charge in [0.25, 0.3) is 0 Å². The lowest BCUT2D eigenvalue weighted by atomic mass is 9.93. The van der Waals surface area contributed by atoms with Crippen LogP contribution in [-0.4, -0.2) is 66.6 Å². The molecule has 4 unspecified atom stereocenters. The number of nitrogens with two attached hydrogens (primary N) is 1. The maximum atomic E-state index is 13.7. The fourth-order valence-electron chi connectivity index (χ4n) is 7.49. The zero-order valence-corrected chi connectivity index (χ0v) is 31.1. The number of primary amides is 1. The number of carbonyl (C=O) groups is 3. The van der Waals surface area contributed by atoms with Crippen LogP contribution in [0.2, 0.25) is 0 Å². The van der Waals surface area contributed by atoms with Gasteiger partial charge in [0.1, 0.15) is 11.8 Å². The van der Waals surface area contributed by atoms with E-state index in [-0.39, 0.29) is 30.2 Å². The molecular weight excluding hydrogens is 671 g/mol. The number of carbonyl (C=O) groups excluding carboxylic acids is 3. The van der Waals surface area contributed by atoms with Gasteiger partial charge >= 0.3 is 0 Å². The van der Waals surface area contributed by atoms with Crippen molar-refractivity contribution in [3.63, 3.8) is 0 Å². The molecular formula is C42H49N5O4S. The highest BCUT2D eigenvalue weighted by molar-refractivity contribution is 7.98. The number of benzene rings is 3. The third kappa shape index (κ3) is 8.44. The molecule has 1 saturated heterocycles. The van der Waals surface area contributed by atoms with Crippen LogP contribution in [-0.2, 0) is 20.8 Å². The highest BCUT2D eigenvalue weighted by atomic mass is 32.2. The van der Waals surface area contributed by atoms with E-state index in [2.05, 4.69) is 47.2 Å². The molecule has 0 spiro atoms. The van der Waals surface area contributed by atoms with E-state index >= 15 is 0 Å². The van der Waals surface area contributed by atoms with Crippen molar-refractivity contribution in [1.82, 2.24) is 15.2 Å². The number of nitrogens with one attached hydrogen (secondary N) is 2. The van der Waals surface area contributed by atoms with Crippen LogP contribution in [0.3, 0.4) is 0 Å². The first-order valence-electron chi connectivity index (χ1n) is 18.1. The van der Waals surface area contributed by atoms with Gasteiger partial charge in [-0.05, 0) is 92.5 Å². The number of para-hydroxylation sites is 1. The molecule has 0 bridgehead atoms. The molecule has 4 N–H and O–H groups in total. The Morgan fingerprint density at radius 3 is 2.60 bits per heavy atom. The smallest absolute Gasteiger partial charge is 0.242 e. The minimum atomic E-state index is -0.793. The first-order chi connectivity index (χ1) is 25.2. The molecule has 1 aromatic heterocycles. The molecule has 4 aromatic rings. The van der Waals surface area contributed by atoms with Crippen LogP contribution in [0, 0.1) is 17.3 Å². The maximum Gasteiger partial charge on any atom is 0.242 e. The standard InChI is InChI=1S/C42H49N5O4S/c1-28(48)47-26-29(21-31-23-36(30-13-7-6-8-14-30)46-37-24-33(51-2)18-19-34(31)37)22-38(47)40(49)45-27-42(41(43)50)25-32(42)15-9-4-5-12-20-44-35-16-10-11-17-39(35)52-3/h6-11,13-19,23-24,29,32,38,44H,4-5,12,20-22,25-27H2,1-3H3,(H2,43,50)(H,45,49)/b15-9-. The van der Waals surface area contributed by atoms with E-state index in [9.17, 15) is 14.4 Å². The van der Waals surface area contributed by atoms with Crippen LogP contribution >= 0.6 is 11.8 Å². The van der Waals surface area contributed by atoms with Crippen molar-refractivity contribution in [2.75, 3.05) is 38.3 Å². The second kappa shape index (κ2) is 16.7. The number of allylic oxidation sites excluding steroid dienone is 2. The van der Waals surface area contributed by atoms with E-state index in [0.29, 0.717) is 25.8 Å². The van der Waals surface area contributed by atoms with E-state index in [1.54, 1.807) is 23.8 Å². The Kier molecular flexibility index (Phi) is 11.8. The van der Waals surface area contributed by atoms with E-state index in [1.807, 2.05) is 60.7 Å². The Balaban J connectivity index is 1.05. The van der Waals surface area contributed by atoms with Crippen LogP contribution in [0.4, 0.5) is 5.69 Å². The van der Waals surface area contributed by atoms with Gasteiger partial charge in [0.15, 0.2) is 0 Å². The van der Waals surface area contributed by atoms with E-state index < -0.39 is 17.4 Å². The third-order valence-corrected chi connectivity index (χ3v) is 11.4. The molecule has 1 saturated carbocycles. The lowest BCUT2D eigenvalue weighted by molar-refractivity contribution is -0.137. The number of methoxy groups -OCH3 is 1. The van der Waals surface area contributed by atoms with Crippen LogP contribution in [0.15, 0.2) is 95.9 Å². The number of thioether (sulfide) groups is 1. The molecule has 3 aromatic carbocycles. The van der Waals surface area contributed by atoms with Crippen molar-refractivity contribution < 1.29 is 19.1 Å². The Morgan fingerprint density at radius 1 is 1.06 bits per heavy atom. The van der Waals surface area contributed by atoms with Gasteiger partial charge in [-0.2, -0.15) is 0 Å². The van der Waals surface area contributed by atoms with Crippen LogP contribution < -0.4 is 21.1 Å². The zero-order chi connectivity index (χ0) is 36.7. The molecule has 52 heavy (non-hydrogen) atoms. The summed E-state index contributed by atoms with van der Waals surface area (Å²) in [6.45, 7) is 3.05. The van der Waals surface area contributed by atoms with Crippen LogP contribution in [0.5, 0.6) is 5.75 Å². The predicted octanol–water partition coefficient (Wildman–Crippen LogP) is 6.86. The molecule has 9 nitrogen and oxygen atoms in total. The zero-order valence-electron chi connectivity index (χ0n) is 30.3. The molecule has 10 heteroatoms. The van der Waals surface area contributed by atoms with Crippen molar-refractivity contribution in [1.29, 1.82) is 0 Å². The van der Waals surface area contributed by atoms with Gasteiger partial charge in [-0.25, -0.2) is 4.98 Å². The molecule has 0 radical (unpaired) electrons. The Labute approximate surface area is 310 Å². The highest BCUT2D eigenvalue weighted by Gasteiger charge is 2.57. The van der Waals surface area contributed by atoms with E-state index in [1.165, 1.54) is 11.8 Å². The minimum Gasteiger partial charge on any atom is -0.497 e. The number of hydrogen-bond donors (Lipinski definition) is 3. The molecule has 2 fully saturated rings. The summed E-state index contributed by atoms with van der Waals surface area (Å²) in [5.74, 6) is 0.00991. The van der Waals surface area contributed by atoms with Crippen LogP contribution in [0.25, 0.3) is 22.2 Å². The lowest BCUT2D eigenvalue weighted by Crippen LogP contribution is -2.48. The predicted molar refractivity (Wildman–Crippen MR) is 209 cm³/mol. The number of fused-ring (bicyclic) bond motifs is 1. The quantitative estimate of drug-likeness (QED) is 0.0657. The summed E-state index contributed by atoms with van der Waals surface area (Å²) in [4.78, 5) is 47.0. The number of aromatic nitrogens is 1. The molecule has 3 amide bonds. The number of nitrogens with zero attached hydrogens (tertiary/aromatic N) is 2. The summed E-state index contributed by atoms with van der Waals surface area (Å²) >= 11 is 1.73. The van der Waals surface area contributed by atoms with Gasteiger partial charge in [0, 0.05) is 54.2 Å². The number of amides is 3. The average Bonchev–Trinajstić information content (AvgIpc) is 3.72. The summed E-state index contributed by atoms with van der Waals surface area (Å²) in [7, 11) is 1.64. The van der Waals surface area contributed by atoms with Crippen molar-refractivity contribution in [3.05, 3.63) is 96.6 Å². The summed E-state index contributed by atoms with van der Waals surface area (Å²) < 4.78 is 5.49. The van der Waals surface area contributed by atoms with E-state index in [4.69, 9.17) is 15.5 Å². The Hall–Kier alpha value is -4.83. The fourth-order valence-corrected chi connectivity index (χ4v) is 8.07. The van der Waals surface area contributed by atoms with Crippen molar-refractivity contribution >= 4 is 46.1 Å². The second-order valence-corrected chi connectivity index (χ2v) is 14.9. The topological polar surface area (TPSA) is 127 Å². The Bertz CT molecular complexity index is 1930. The van der Waals surface area contributed by atoms with Gasteiger partial charge in [0.05, 0.1) is 23.7 Å².